The van der Waals surface area contributed by atoms with Gasteiger partial charge in [0.15, 0.2) is 0 Å². The van der Waals surface area contributed by atoms with E-state index >= 15 is 0 Å². The molecule has 0 rings (SSSR count). The van der Waals surface area contributed by atoms with Gasteiger partial charge in [-0.25, -0.2) is 0 Å². The zero-order valence-corrected chi connectivity index (χ0v) is 23.0. The molecule has 0 aromatic rings. The van der Waals surface area contributed by atoms with E-state index in [-0.39, 0.29) is 12.4 Å². The maximum absolute atomic E-state index is 13.5. The van der Waals surface area contributed by atoms with Gasteiger partial charge in [0.1, 0.15) is 0 Å². The quantitative estimate of drug-likeness (QED) is 0.246. The molecule has 0 aromatic heterocycles. The predicted molar refractivity (Wildman–Crippen MR) is 118 cm³/mol. The molecule has 0 aliphatic rings. The van der Waals surface area contributed by atoms with Crippen LogP contribution >= 0.6 is 7.37 Å². The molecule has 0 spiro atoms. The van der Waals surface area contributed by atoms with Crippen LogP contribution < -0.4 is 0 Å². The van der Waals surface area contributed by atoms with E-state index in [0.717, 1.165) is 5.25 Å². The second kappa shape index (κ2) is 10.3. The molecule has 0 saturated heterocycles. The second-order valence-corrected chi connectivity index (χ2v) is 32.8. The van der Waals surface area contributed by atoms with Gasteiger partial charge in [-0.3, -0.25) is 0 Å². The first-order valence-electron chi connectivity index (χ1n) is 9.70. The molecule has 8 heteroatoms. The van der Waals surface area contributed by atoms with Crippen LogP contribution in [0.5, 0.6) is 0 Å². The molecule has 0 amide bonds. The van der Waals surface area contributed by atoms with Crippen molar-refractivity contribution in [1.29, 1.82) is 0 Å². The Kier molecular flexibility index (Phi) is 10.5. The van der Waals surface area contributed by atoms with Crippen LogP contribution in [0.2, 0.25) is 60.3 Å². The zero-order valence-electron chi connectivity index (χ0n) is 18.0. The Bertz CT molecular complexity index is 460. The summed E-state index contributed by atoms with van der Waals surface area (Å²) in [6, 6.07) is 0. The van der Waals surface area contributed by atoms with Gasteiger partial charge < -0.3 is 0 Å². The average Bonchev–Trinajstić information content (AvgIpc) is 2.44. The molecule has 0 bridgehead atoms. The molecule has 0 aliphatic carbocycles. The van der Waals surface area contributed by atoms with E-state index in [1.807, 2.05) is 19.6 Å². The fraction of sp³-hybridized carbons (Fsp3) is 0.941. The molecule has 150 valence electrons. The van der Waals surface area contributed by atoms with E-state index in [0.29, 0.717) is 12.3 Å². The average molecular weight is 469 g/mol. The summed E-state index contributed by atoms with van der Waals surface area (Å²) in [5.74, 6) is -0.215. The summed E-state index contributed by atoms with van der Waals surface area (Å²) in [6.45, 7) is 19.1. The van der Waals surface area contributed by atoms with Crippen LogP contribution in [0.4, 0.5) is 0 Å². The van der Waals surface area contributed by atoms with Crippen molar-refractivity contribution < 1.29 is 18.0 Å². The Morgan fingerprint density at radius 3 is 1.72 bits per heavy atom. The van der Waals surface area contributed by atoms with E-state index in [1.54, 1.807) is 0 Å². The van der Waals surface area contributed by atoms with Gasteiger partial charge in [0, 0.05) is 0 Å². The van der Waals surface area contributed by atoms with Gasteiger partial charge in [-0.15, -0.1) is 0 Å². The third kappa shape index (κ3) is 11.2. The van der Waals surface area contributed by atoms with E-state index < -0.39 is 37.3 Å². The van der Waals surface area contributed by atoms with Crippen molar-refractivity contribution in [3.05, 3.63) is 0 Å². The Morgan fingerprint density at radius 1 is 0.880 bits per heavy atom. The van der Waals surface area contributed by atoms with Gasteiger partial charge in [0.25, 0.3) is 0 Å². The fourth-order valence-electron chi connectivity index (χ4n) is 3.04. The molecule has 0 aromatic carbocycles. The molecule has 0 N–H and O–H groups in total. The minimum absolute atomic E-state index is 0.215. The van der Waals surface area contributed by atoms with Crippen LogP contribution in [0.1, 0.15) is 27.2 Å². The first kappa shape index (κ1) is 25.6. The van der Waals surface area contributed by atoms with E-state index in [2.05, 4.69) is 40.4 Å². The van der Waals surface area contributed by atoms with Gasteiger partial charge >= 0.3 is 161 Å². The summed E-state index contributed by atoms with van der Waals surface area (Å²) in [4.78, 5) is 12.1. The molecular weight excluding hydrogens is 428 g/mol. The van der Waals surface area contributed by atoms with E-state index in [1.165, 1.54) is 15.8 Å². The Labute approximate surface area is 160 Å². The topological polar surface area (TPSA) is 52.6 Å². The van der Waals surface area contributed by atoms with Gasteiger partial charge in [-0.1, -0.05) is 0 Å². The van der Waals surface area contributed by atoms with Gasteiger partial charge in [0.05, 0.1) is 0 Å². The summed E-state index contributed by atoms with van der Waals surface area (Å²) in [6.07, 6.45) is 1.22. The molecule has 0 heterocycles. The fourth-order valence-corrected chi connectivity index (χ4v) is 20.6. The summed E-state index contributed by atoms with van der Waals surface area (Å²) in [7, 11) is -6.59. The van der Waals surface area contributed by atoms with Crippen molar-refractivity contribution in [1.82, 2.24) is 0 Å². The van der Waals surface area contributed by atoms with Crippen molar-refractivity contribution in [2.45, 2.75) is 87.5 Å². The van der Waals surface area contributed by atoms with E-state index in [9.17, 15) is 9.36 Å². The normalized spacial score (nSPS) is 15.7. The Hall–Kier alpha value is 0.637. The Morgan fingerprint density at radius 2 is 1.36 bits per heavy atom. The van der Waals surface area contributed by atoms with Gasteiger partial charge in [-0.2, -0.15) is 0 Å². The number of hydrogen-bond donors (Lipinski definition) is 0. The van der Waals surface area contributed by atoms with Crippen LogP contribution in [0.3, 0.4) is 0 Å². The number of hydrogen-bond acceptors (Lipinski definition) is 4. The zero-order chi connectivity index (χ0) is 19.9. The van der Waals surface area contributed by atoms with Crippen molar-refractivity contribution in [2.75, 3.05) is 12.3 Å². The van der Waals surface area contributed by atoms with Crippen LogP contribution in [0.15, 0.2) is 0 Å². The minimum atomic E-state index is -2.77. The van der Waals surface area contributed by atoms with Crippen LogP contribution in [0.25, 0.3) is 0 Å². The standard InChI is InChI=1S/C17H41GeO4PSi2/c1-10-18(11-2,12-3)14-16-23(20,22-25(7,8)9)15-13-17(19)21-24(4,5)6/h10-16H2,1-9H3. The van der Waals surface area contributed by atoms with Crippen LogP contribution in [-0.2, 0) is 18.0 Å². The molecule has 0 aliphatic heterocycles. The second-order valence-electron chi connectivity index (χ2n) is 9.11. The molecule has 4 nitrogen and oxygen atoms in total. The molecule has 0 radical (unpaired) electrons. The maximum atomic E-state index is 13.5. The SMILES string of the molecule is C[CH2][Ge]([CH2]C)([CH2]C)[CH2]CP(=O)(CCC(=O)O[Si](C)(C)C)O[Si](C)(C)C. The summed E-state index contributed by atoms with van der Waals surface area (Å²) < 4.78 is 25.2. The van der Waals surface area contributed by atoms with Crippen molar-refractivity contribution in [3.63, 3.8) is 0 Å². The summed E-state index contributed by atoms with van der Waals surface area (Å²) in [5, 5.41) is 4.92. The number of rotatable bonds is 12. The Balaban J connectivity index is 5.07. The summed E-state index contributed by atoms with van der Waals surface area (Å²) >= 11 is -1.89. The van der Waals surface area contributed by atoms with Crippen LogP contribution in [0, 0.1) is 0 Å². The van der Waals surface area contributed by atoms with Gasteiger partial charge in [-0.05, 0) is 0 Å². The molecule has 0 saturated carbocycles. The number of carbonyl (C=O) groups is 1. The van der Waals surface area contributed by atoms with E-state index in [4.69, 9.17) is 8.64 Å². The predicted octanol–water partition coefficient (Wildman–Crippen LogP) is 6.39. The summed E-state index contributed by atoms with van der Waals surface area (Å²) in [5.41, 5.74) is 0. The molecule has 1 atom stereocenters. The molecule has 0 fully saturated rings. The van der Waals surface area contributed by atoms with Crippen molar-refractivity contribution >= 4 is 43.2 Å². The third-order valence-electron chi connectivity index (χ3n) is 4.75. The first-order chi connectivity index (χ1) is 11.2. The first-order valence-corrected chi connectivity index (χ1v) is 24.4. The molecular formula is C17H41GeO4PSi2. The monoisotopic (exact) mass is 470 g/mol. The molecule has 1 unspecified atom stereocenters. The van der Waals surface area contributed by atoms with Crippen LogP contribution in [-0.4, -0.2) is 48.2 Å². The van der Waals surface area contributed by atoms with Crippen molar-refractivity contribution in [2.24, 2.45) is 0 Å². The third-order valence-corrected chi connectivity index (χ3v) is 24.0. The van der Waals surface area contributed by atoms with Gasteiger partial charge in [0.2, 0.25) is 0 Å². The molecule has 25 heavy (non-hydrogen) atoms. The van der Waals surface area contributed by atoms with Crippen molar-refractivity contribution in [3.8, 4) is 0 Å². The number of carbonyl (C=O) groups excluding carboxylic acids is 1.